The van der Waals surface area contributed by atoms with E-state index >= 15 is 0 Å². The van der Waals surface area contributed by atoms with Crippen LogP contribution < -0.4 is 5.32 Å². The molecule has 0 bridgehead atoms. The Labute approximate surface area is 128 Å². The molecule has 0 aromatic carbocycles. The zero-order valence-corrected chi connectivity index (χ0v) is 14.5. The lowest BCUT2D eigenvalue weighted by Gasteiger charge is -2.48. The Morgan fingerprint density at radius 3 is 2.15 bits per heavy atom. The SMILES string of the molecule is CCN(CC)C(CC)(CC)C(NC)c1c(Cl)cnn1C. The molecule has 20 heavy (non-hydrogen) atoms. The molecule has 5 heteroatoms. The zero-order chi connectivity index (χ0) is 15.3. The van der Waals surface area contributed by atoms with Crippen molar-refractivity contribution in [1.82, 2.24) is 20.0 Å². The number of aromatic nitrogens is 2. The van der Waals surface area contributed by atoms with Crippen LogP contribution in [-0.2, 0) is 7.05 Å². The maximum Gasteiger partial charge on any atom is 0.0834 e. The quantitative estimate of drug-likeness (QED) is 0.800. The number of rotatable bonds is 8. The van der Waals surface area contributed by atoms with Gasteiger partial charge in [0, 0.05) is 12.6 Å². The molecule has 0 aliphatic carbocycles. The van der Waals surface area contributed by atoms with Crippen LogP contribution in [0.2, 0.25) is 5.02 Å². The van der Waals surface area contributed by atoms with Crippen molar-refractivity contribution in [3.8, 4) is 0 Å². The monoisotopic (exact) mass is 300 g/mol. The van der Waals surface area contributed by atoms with Gasteiger partial charge in [0.15, 0.2) is 0 Å². The molecular weight excluding hydrogens is 272 g/mol. The summed E-state index contributed by atoms with van der Waals surface area (Å²) in [6.07, 6.45) is 3.87. The average molecular weight is 301 g/mol. The number of nitrogens with zero attached hydrogens (tertiary/aromatic N) is 3. The van der Waals surface area contributed by atoms with E-state index in [2.05, 4.69) is 43.0 Å². The van der Waals surface area contributed by atoms with Gasteiger partial charge in [0.05, 0.1) is 23.0 Å². The number of hydrogen-bond acceptors (Lipinski definition) is 3. The van der Waals surface area contributed by atoms with Gasteiger partial charge in [-0.3, -0.25) is 9.58 Å². The van der Waals surface area contributed by atoms with E-state index in [0.717, 1.165) is 36.6 Å². The van der Waals surface area contributed by atoms with Crippen molar-refractivity contribution in [3.63, 3.8) is 0 Å². The average Bonchev–Trinajstić information content (AvgIpc) is 2.79. The Morgan fingerprint density at radius 1 is 1.30 bits per heavy atom. The highest BCUT2D eigenvalue weighted by Gasteiger charge is 2.42. The van der Waals surface area contributed by atoms with Crippen LogP contribution in [0, 0.1) is 0 Å². The highest BCUT2D eigenvalue weighted by atomic mass is 35.5. The molecule has 0 aliphatic heterocycles. The molecule has 0 radical (unpaired) electrons. The fourth-order valence-corrected chi connectivity index (χ4v) is 3.82. The second kappa shape index (κ2) is 7.43. The van der Waals surface area contributed by atoms with Crippen LogP contribution in [0.5, 0.6) is 0 Å². The van der Waals surface area contributed by atoms with Gasteiger partial charge in [-0.2, -0.15) is 5.10 Å². The molecular formula is C15H29ClN4. The molecule has 1 unspecified atom stereocenters. The number of aryl methyl sites for hydroxylation is 1. The maximum absolute atomic E-state index is 6.39. The molecule has 0 aliphatic rings. The van der Waals surface area contributed by atoms with Crippen molar-refractivity contribution in [2.45, 2.75) is 52.1 Å². The first kappa shape index (κ1) is 17.5. The molecule has 0 spiro atoms. The number of halogens is 1. The van der Waals surface area contributed by atoms with Crippen LogP contribution in [0.15, 0.2) is 6.20 Å². The minimum atomic E-state index is 0.0513. The molecule has 1 aromatic heterocycles. The minimum absolute atomic E-state index is 0.0513. The lowest BCUT2D eigenvalue weighted by molar-refractivity contribution is 0.0487. The second-order valence-electron chi connectivity index (χ2n) is 5.21. The fourth-order valence-electron chi connectivity index (χ4n) is 3.55. The van der Waals surface area contributed by atoms with Gasteiger partial charge in [0.25, 0.3) is 0 Å². The van der Waals surface area contributed by atoms with E-state index in [0.29, 0.717) is 0 Å². The van der Waals surface area contributed by atoms with Crippen molar-refractivity contribution >= 4 is 11.6 Å². The Hall–Kier alpha value is -0.580. The van der Waals surface area contributed by atoms with E-state index in [1.807, 2.05) is 18.8 Å². The molecule has 4 nitrogen and oxygen atoms in total. The van der Waals surface area contributed by atoms with Gasteiger partial charge in [-0.15, -0.1) is 0 Å². The van der Waals surface area contributed by atoms with Crippen LogP contribution in [0.25, 0.3) is 0 Å². The third kappa shape index (κ3) is 2.87. The van der Waals surface area contributed by atoms with E-state index in [1.54, 1.807) is 6.20 Å². The summed E-state index contributed by atoms with van der Waals surface area (Å²) in [5, 5.41) is 8.54. The first-order valence-electron chi connectivity index (χ1n) is 7.61. The van der Waals surface area contributed by atoms with Crippen LogP contribution in [0.1, 0.15) is 52.3 Å². The highest BCUT2D eigenvalue weighted by molar-refractivity contribution is 6.31. The van der Waals surface area contributed by atoms with Crippen molar-refractivity contribution in [1.29, 1.82) is 0 Å². The second-order valence-corrected chi connectivity index (χ2v) is 5.61. The standard InChI is InChI=1S/C15H29ClN4/c1-7-15(8-2,20(9-3)10-4)14(17-5)13-12(16)11-18-19(13)6/h11,14,17H,7-10H2,1-6H3. The minimum Gasteiger partial charge on any atom is -0.310 e. The zero-order valence-electron chi connectivity index (χ0n) is 13.7. The summed E-state index contributed by atoms with van der Waals surface area (Å²) >= 11 is 6.39. The molecule has 116 valence electrons. The lowest BCUT2D eigenvalue weighted by atomic mass is 9.80. The molecule has 0 fully saturated rings. The first-order valence-corrected chi connectivity index (χ1v) is 7.99. The molecule has 1 aromatic rings. The molecule has 0 saturated carbocycles. The van der Waals surface area contributed by atoms with E-state index in [4.69, 9.17) is 11.6 Å². The smallest absolute Gasteiger partial charge is 0.0834 e. The van der Waals surface area contributed by atoms with Crippen LogP contribution in [-0.4, -0.2) is 40.4 Å². The van der Waals surface area contributed by atoms with Gasteiger partial charge < -0.3 is 5.32 Å². The van der Waals surface area contributed by atoms with Gasteiger partial charge in [0.2, 0.25) is 0 Å². The molecule has 0 saturated heterocycles. The van der Waals surface area contributed by atoms with Gasteiger partial charge in [-0.05, 0) is 33.0 Å². The number of nitrogens with one attached hydrogen (secondary N) is 1. The summed E-state index contributed by atoms with van der Waals surface area (Å²) < 4.78 is 1.90. The molecule has 1 atom stereocenters. The van der Waals surface area contributed by atoms with Gasteiger partial charge >= 0.3 is 0 Å². The molecule has 1 rings (SSSR count). The summed E-state index contributed by atoms with van der Waals surface area (Å²) in [6.45, 7) is 11.0. The predicted molar refractivity (Wildman–Crippen MR) is 86.3 cm³/mol. The van der Waals surface area contributed by atoms with Crippen molar-refractivity contribution in [2.24, 2.45) is 7.05 Å². The van der Waals surface area contributed by atoms with Gasteiger partial charge in [-0.25, -0.2) is 0 Å². The topological polar surface area (TPSA) is 33.1 Å². The van der Waals surface area contributed by atoms with E-state index < -0.39 is 0 Å². The van der Waals surface area contributed by atoms with E-state index in [9.17, 15) is 0 Å². The van der Waals surface area contributed by atoms with Crippen molar-refractivity contribution in [2.75, 3.05) is 20.1 Å². The normalized spacial score (nSPS) is 14.0. The van der Waals surface area contributed by atoms with Crippen molar-refractivity contribution in [3.05, 3.63) is 16.9 Å². The summed E-state index contributed by atoms with van der Waals surface area (Å²) in [5.74, 6) is 0. The summed E-state index contributed by atoms with van der Waals surface area (Å²) in [4.78, 5) is 2.54. The molecule has 1 N–H and O–H groups in total. The third-order valence-electron chi connectivity index (χ3n) is 4.65. The molecule has 0 amide bonds. The largest absolute Gasteiger partial charge is 0.310 e. The summed E-state index contributed by atoms with van der Waals surface area (Å²) in [7, 11) is 3.97. The van der Waals surface area contributed by atoms with E-state index in [-0.39, 0.29) is 11.6 Å². The predicted octanol–water partition coefficient (Wildman–Crippen LogP) is 3.23. The summed E-state index contributed by atoms with van der Waals surface area (Å²) in [5.41, 5.74) is 1.13. The molecule has 1 heterocycles. The Kier molecular flexibility index (Phi) is 6.49. The Bertz CT molecular complexity index is 389. The summed E-state index contributed by atoms with van der Waals surface area (Å²) in [6, 6.07) is 0.164. The van der Waals surface area contributed by atoms with E-state index in [1.165, 1.54) is 0 Å². The van der Waals surface area contributed by atoms with Crippen molar-refractivity contribution < 1.29 is 0 Å². The van der Waals surface area contributed by atoms with Gasteiger partial charge in [0.1, 0.15) is 0 Å². The van der Waals surface area contributed by atoms with Crippen LogP contribution >= 0.6 is 11.6 Å². The Morgan fingerprint density at radius 2 is 1.85 bits per heavy atom. The highest BCUT2D eigenvalue weighted by Crippen LogP contribution is 2.39. The third-order valence-corrected chi connectivity index (χ3v) is 4.95. The number of likely N-dealkylation sites (N-methyl/N-ethyl adjacent to an activating group) is 2. The number of hydrogen-bond donors (Lipinski definition) is 1. The van der Waals surface area contributed by atoms with Crippen LogP contribution in [0.4, 0.5) is 0 Å². The van der Waals surface area contributed by atoms with Crippen LogP contribution in [0.3, 0.4) is 0 Å². The van der Waals surface area contributed by atoms with Gasteiger partial charge in [-0.1, -0.05) is 39.3 Å². The Balaban J connectivity index is 3.36. The maximum atomic E-state index is 6.39. The lowest BCUT2D eigenvalue weighted by Crippen LogP contribution is -2.56. The fraction of sp³-hybridized carbons (Fsp3) is 0.800. The first-order chi connectivity index (χ1) is 9.52.